The summed E-state index contributed by atoms with van der Waals surface area (Å²) in [7, 11) is -9.66. The molecule has 0 radical (unpaired) electrons. The summed E-state index contributed by atoms with van der Waals surface area (Å²) < 4.78 is 58.0. The zero-order valence-corrected chi connectivity index (χ0v) is 29.3. The van der Waals surface area contributed by atoms with Crippen molar-refractivity contribution in [1.82, 2.24) is 14.7 Å². The second-order valence-electron chi connectivity index (χ2n) is 11.1. The Morgan fingerprint density at radius 2 is 1.48 bits per heavy atom. The van der Waals surface area contributed by atoms with Gasteiger partial charge in [-0.25, -0.2) is 0 Å². The van der Waals surface area contributed by atoms with Gasteiger partial charge in [0.25, 0.3) is 20.0 Å². The van der Waals surface area contributed by atoms with E-state index in [1.165, 1.54) is 33.8 Å². The minimum atomic E-state index is -4.83. The van der Waals surface area contributed by atoms with Crippen molar-refractivity contribution in [3.8, 4) is 0 Å². The van der Waals surface area contributed by atoms with Gasteiger partial charge in [-0.05, 0) is 67.8 Å². The van der Waals surface area contributed by atoms with E-state index >= 15 is 0 Å². The van der Waals surface area contributed by atoms with Crippen LogP contribution in [0.3, 0.4) is 0 Å². The Morgan fingerprint density at radius 3 is 1.98 bits per heavy atom. The van der Waals surface area contributed by atoms with E-state index in [-0.39, 0.29) is 44.8 Å². The largest absolute Gasteiger partial charge is 0.530 e. The number of hydrogen-bond acceptors (Lipinski definition) is 10. The molecule has 0 aliphatic heterocycles. The molecule has 3 aromatic heterocycles. The highest BCUT2D eigenvalue weighted by Gasteiger charge is 2.42. The number of anilines is 1. The minimum Gasteiger partial charge on any atom is -0.530 e. The molecule has 0 unspecified atom stereocenters. The average molecular weight is 743 g/mol. The molecular weight excluding hydrogens is 716 g/mol. The lowest BCUT2D eigenvalue weighted by atomic mass is 10.0. The zero-order chi connectivity index (χ0) is 33.6. The Kier molecular flexibility index (Phi) is 9.50. The van der Waals surface area contributed by atoms with E-state index in [4.69, 9.17) is 23.2 Å². The topological polar surface area (TPSA) is 153 Å². The first-order valence-electron chi connectivity index (χ1n) is 13.5. The van der Waals surface area contributed by atoms with Crippen LogP contribution in [0.1, 0.15) is 37.5 Å². The molecule has 0 atom stereocenters. The van der Waals surface area contributed by atoms with Gasteiger partial charge in [0.05, 0.1) is 32.7 Å². The van der Waals surface area contributed by atoms with Gasteiger partial charge >= 0.3 is 0 Å². The molecule has 5 aromatic rings. The SMILES string of the molecule is CC(C)(C)N(Cc1cccc(Cn2nc(N(S(=O)(=O)c3ccc(Cl)s3)S(=O)(=O)c3ccc(Cl)s3)c3c(CO)cccc32)c1)C(=O)[O-]. The molecule has 2 aromatic carbocycles. The number of carbonyl (C=O) groups excluding carboxylic acids is 1. The Labute approximate surface area is 283 Å². The van der Waals surface area contributed by atoms with E-state index in [0.717, 1.165) is 0 Å². The predicted molar refractivity (Wildman–Crippen MR) is 177 cm³/mol. The van der Waals surface area contributed by atoms with Gasteiger partial charge in [0, 0.05) is 12.1 Å². The van der Waals surface area contributed by atoms with Crippen LogP contribution in [0.15, 0.2) is 75.1 Å². The van der Waals surface area contributed by atoms with Gasteiger partial charge in [0.15, 0.2) is 5.82 Å². The van der Waals surface area contributed by atoms with Crippen LogP contribution in [-0.4, -0.2) is 48.3 Å². The van der Waals surface area contributed by atoms with Gasteiger partial charge in [0.1, 0.15) is 14.5 Å². The number of thiophene rings is 2. The summed E-state index contributed by atoms with van der Waals surface area (Å²) >= 11 is 13.5. The lowest BCUT2D eigenvalue weighted by molar-refractivity contribution is -0.271. The number of nitrogens with zero attached hydrogens (tertiary/aromatic N) is 4. The molecule has 244 valence electrons. The van der Waals surface area contributed by atoms with Crippen LogP contribution < -0.4 is 8.82 Å². The molecule has 17 heteroatoms. The fraction of sp³-hybridized carbons (Fsp3) is 0.241. The summed E-state index contributed by atoms with van der Waals surface area (Å²) in [5.74, 6) is -0.444. The normalized spacial score (nSPS) is 12.5. The molecule has 46 heavy (non-hydrogen) atoms. The van der Waals surface area contributed by atoms with E-state index in [2.05, 4.69) is 5.10 Å². The van der Waals surface area contributed by atoms with Gasteiger partial charge in [-0.15, -0.1) is 26.4 Å². The van der Waals surface area contributed by atoms with Crippen molar-refractivity contribution >= 4 is 88.7 Å². The maximum absolute atomic E-state index is 14.2. The second kappa shape index (κ2) is 12.8. The molecule has 1 amide bonds. The number of carboxylic acid groups (broad SMARTS) is 1. The maximum atomic E-state index is 14.2. The Morgan fingerprint density at radius 1 is 0.913 bits per heavy atom. The first-order valence-corrected chi connectivity index (χ1v) is 18.8. The number of aliphatic hydroxyl groups is 1. The van der Waals surface area contributed by atoms with Crippen molar-refractivity contribution < 1.29 is 31.8 Å². The summed E-state index contributed by atoms with van der Waals surface area (Å²) in [6.45, 7) is 4.82. The monoisotopic (exact) mass is 741 g/mol. The molecule has 5 rings (SSSR count). The smallest absolute Gasteiger partial charge is 0.288 e. The lowest BCUT2D eigenvalue weighted by Crippen LogP contribution is -2.50. The van der Waals surface area contributed by atoms with Crippen LogP contribution >= 0.6 is 45.9 Å². The molecule has 0 fully saturated rings. The van der Waals surface area contributed by atoms with Gasteiger partial charge < -0.3 is 19.9 Å². The van der Waals surface area contributed by atoms with E-state index < -0.39 is 44.1 Å². The Balaban J connectivity index is 1.69. The molecule has 0 spiro atoms. The minimum absolute atomic E-state index is 0.0453. The average Bonchev–Trinajstić information content (AvgIpc) is 3.70. The van der Waals surface area contributed by atoms with Crippen molar-refractivity contribution in [2.24, 2.45) is 0 Å². The van der Waals surface area contributed by atoms with Crippen molar-refractivity contribution in [3.63, 3.8) is 0 Å². The molecule has 0 aliphatic rings. The molecule has 11 nitrogen and oxygen atoms in total. The first kappa shape index (κ1) is 34.2. The number of halogens is 2. The molecular formula is C29H27Cl2N4O7S4-. The number of fused-ring (bicyclic) bond motifs is 1. The second-order valence-corrected chi connectivity index (χ2v) is 18.8. The number of carbonyl (C=O) groups is 1. The maximum Gasteiger partial charge on any atom is 0.288 e. The van der Waals surface area contributed by atoms with Crippen molar-refractivity contribution in [1.29, 1.82) is 0 Å². The highest BCUT2D eigenvalue weighted by atomic mass is 35.5. The number of benzene rings is 2. The van der Waals surface area contributed by atoms with E-state index in [1.54, 1.807) is 63.2 Å². The Hall–Kier alpha value is -3.18. The number of aromatic nitrogens is 2. The molecule has 3 heterocycles. The highest BCUT2D eigenvalue weighted by molar-refractivity contribution is 8.11. The number of aliphatic hydroxyl groups excluding tert-OH is 1. The van der Waals surface area contributed by atoms with Gasteiger partial charge in [0.2, 0.25) is 0 Å². The fourth-order valence-electron chi connectivity index (χ4n) is 4.81. The highest BCUT2D eigenvalue weighted by Crippen LogP contribution is 2.41. The van der Waals surface area contributed by atoms with Crippen LogP contribution in [0.4, 0.5) is 10.6 Å². The molecule has 0 saturated carbocycles. The van der Waals surface area contributed by atoms with Gasteiger partial charge in [-0.1, -0.05) is 59.6 Å². The van der Waals surface area contributed by atoms with Crippen molar-refractivity contribution in [2.75, 3.05) is 3.71 Å². The number of rotatable bonds is 10. The van der Waals surface area contributed by atoms with E-state index in [9.17, 15) is 31.8 Å². The molecule has 0 bridgehead atoms. The first-order chi connectivity index (χ1) is 21.5. The van der Waals surface area contributed by atoms with Crippen LogP contribution in [0.2, 0.25) is 8.67 Å². The fourth-order valence-corrected chi connectivity index (χ4v) is 11.8. The third-order valence-electron chi connectivity index (χ3n) is 6.93. The number of hydrogen-bond donors (Lipinski definition) is 1. The van der Waals surface area contributed by atoms with Crippen LogP contribution in [0.5, 0.6) is 0 Å². The zero-order valence-electron chi connectivity index (χ0n) is 24.5. The number of amides is 1. The summed E-state index contributed by atoms with van der Waals surface area (Å²) in [5, 5.41) is 26.8. The van der Waals surface area contributed by atoms with Gasteiger partial charge in [-0.2, -0.15) is 21.9 Å². The van der Waals surface area contributed by atoms with E-state index in [0.29, 0.717) is 39.3 Å². The quantitative estimate of drug-likeness (QED) is 0.196. The predicted octanol–water partition coefficient (Wildman–Crippen LogP) is 5.53. The van der Waals surface area contributed by atoms with E-state index in [1.807, 2.05) is 0 Å². The summed E-state index contributed by atoms with van der Waals surface area (Å²) in [6, 6.07) is 17.0. The molecule has 1 N–H and O–H groups in total. The Bertz CT molecular complexity index is 2080. The third-order valence-corrected chi connectivity index (χ3v) is 14.4. The molecule has 0 saturated heterocycles. The van der Waals surface area contributed by atoms with Crippen LogP contribution in [-0.2, 0) is 39.7 Å². The molecule has 0 aliphatic carbocycles. The number of sulfonamides is 2. The van der Waals surface area contributed by atoms with Crippen molar-refractivity contribution in [2.45, 2.75) is 54.4 Å². The van der Waals surface area contributed by atoms with Crippen molar-refractivity contribution in [3.05, 3.63) is 92.1 Å². The standard InChI is InChI=1S/C29H28Cl2N4O7S4/c1-29(2,3)33(28(37)38)15-18-6-4-7-19(14-18)16-34-21-9-5-8-20(17-36)26(21)27(32-34)35(45(39,40)24-12-10-22(30)43-24)46(41,42)25-13-11-23(31)44-25/h4-14,36H,15-17H2,1-3H3,(H,37,38)/p-1. The summed E-state index contributed by atoms with van der Waals surface area (Å²) in [5.41, 5.74) is 1.21. The third kappa shape index (κ3) is 6.63. The van der Waals surface area contributed by atoms with Gasteiger partial charge in [-0.3, -0.25) is 4.68 Å². The van der Waals surface area contributed by atoms with Crippen LogP contribution in [0, 0.1) is 0 Å². The van der Waals surface area contributed by atoms with Crippen LogP contribution in [0.25, 0.3) is 10.9 Å². The summed E-state index contributed by atoms with van der Waals surface area (Å²) in [6.07, 6.45) is -1.32. The summed E-state index contributed by atoms with van der Waals surface area (Å²) in [4.78, 5) is 13.0. The lowest BCUT2D eigenvalue weighted by Gasteiger charge is -2.38.